The molecule has 9 heteroatoms. The first-order valence-corrected chi connectivity index (χ1v) is 11.3. The molecule has 0 bridgehead atoms. The topological polar surface area (TPSA) is 158 Å². The molecule has 4 rings (SSSR count). The lowest BCUT2D eigenvalue weighted by Crippen LogP contribution is -2.73. The zero-order valence-electron chi connectivity index (χ0n) is 19.6. The Hall–Kier alpha value is -3.86. The lowest BCUT2D eigenvalue weighted by atomic mass is 9.66. The molecule has 5 atom stereocenters. The maximum absolute atomic E-state index is 13.8. The van der Waals surface area contributed by atoms with Gasteiger partial charge in [0.25, 0.3) is 5.79 Å². The summed E-state index contributed by atoms with van der Waals surface area (Å²) in [5.74, 6) is -9.08. The van der Waals surface area contributed by atoms with Crippen LogP contribution < -0.4 is 0 Å². The van der Waals surface area contributed by atoms with Crippen LogP contribution in [-0.4, -0.2) is 66.7 Å². The number of hydrogen-bond donors (Lipinski definition) is 4. The Morgan fingerprint density at radius 2 is 1.16 bits per heavy atom. The van der Waals surface area contributed by atoms with E-state index in [-0.39, 0.29) is 16.7 Å². The average molecular weight is 504 g/mol. The highest BCUT2D eigenvalue weighted by Crippen LogP contribution is 2.50. The van der Waals surface area contributed by atoms with Crippen LogP contribution in [0.5, 0.6) is 0 Å². The van der Waals surface area contributed by atoms with Crippen LogP contribution in [0.2, 0.25) is 0 Å². The van der Waals surface area contributed by atoms with E-state index in [9.17, 15) is 39.6 Å². The van der Waals surface area contributed by atoms with Crippen molar-refractivity contribution in [3.8, 4) is 0 Å². The van der Waals surface area contributed by atoms with Crippen LogP contribution in [0.15, 0.2) is 91.0 Å². The summed E-state index contributed by atoms with van der Waals surface area (Å²) in [5.41, 5.74) is -7.72. The summed E-state index contributed by atoms with van der Waals surface area (Å²) in [6, 6.07) is 21.1. The third-order valence-corrected chi connectivity index (χ3v) is 6.58. The Kier molecular flexibility index (Phi) is 6.76. The minimum Gasteiger partial charge on any atom is -0.380 e. The fraction of sp³-hybridized carbons (Fsp3) is 0.214. The number of hydrogen-bond acceptors (Lipinski definition) is 9. The van der Waals surface area contributed by atoms with Gasteiger partial charge in [-0.3, -0.25) is 19.2 Å². The predicted octanol–water partition coefficient (Wildman–Crippen LogP) is 1.19. The van der Waals surface area contributed by atoms with Crippen molar-refractivity contribution >= 4 is 23.1 Å². The van der Waals surface area contributed by atoms with Gasteiger partial charge in [-0.05, 0) is 5.56 Å². The van der Waals surface area contributed by atoms with Crippen molar-refractivity contribution in [2.45, 2.75) is 36.1 Å². The Balaban J connectivity index is 1.98. The molecular formula is C28H24O9. The molecule has 1 fully saturated rings. The molecule has 0 aromatic heterocycles. The monoisotopic (exact) mass is 504 g/mol. The van der Waals surface area contributed by atoms with Crippen LogP contribution in [0.3, 0.4) is 0 Å². The Morgan fingerprint density at radius 1 is 0.730 bits per heavy atom. The maximum Gasteiger partial charge on any atom is 0.268 e. The van der Waals surface area contributed by atoms with Gasteiger partial charge in [-0.25, -0.2) is 0 Å². The van der Waals surface area contributed by atoms with E-state index in [0.29, 0.717) is 0 Å². The molecule has 0 amide bonds. The Labute approximate surface area is 211 Å². The van der Waals surface area contributed by atoms with Gasteiger partial charge in [0.05, 0.1) is 0 Å². The van der Waals surface area contributed by atoms with Crippen LogP contribution in [0.1, 0.15) is 39.3 Å². The van der Waals surface area contributed by atoms with E-state index in [1.54, 1.807) is 18.2 Å². The number of aliphatic hydroxyl groups is 4. The largest absolute Gasteiger partial charge is 0.380 e. The molecule has 4 N–H and O–H groups in total. The fourth-order valence-corrected chi connectivity index (χ4v) is 4.55. The Bertz CT molecular complexity index is 1340. The van der Waals surface area contributed by atoms with Crippen molar-refractivity contribution in [3.05, 3.63) is 108 Å². The van der Waals surface area contributed by atoms with Crippen LogP contribution in [0.25, 0.3) is 0 Å². The van der Waals surface area contributed by atoms with E-state index < -0.39 is 52.3 Å². The van der Waals surface area contributed by atoms with Crippen LogP contribution >= 0.6 is 0 Å². The summed E-state index contributed by atoms with van der Waals surface area (Å²) in [5, 5.41) is 46.0. The van der Waals surface area contributed by atoms with E-state index in [2.05, 4.69) is 0 Å². The molecule has 1 aliphatic heterocycles. The van der Waals surface area contributed by atoms with E-state index in [4.69, 9.17) is 4.74 Å². The number of rotatable bonds is 8. The van der Waals surface area contributed by atoms with Crippen molar-refractivity contribution in [1.82, 2.24) is 0 Å². The summed E-state index contributed by atoms with van der Waals surface area (Å²) in [7, 11) is 0. The SMILES string of the molecule is CC(=O)[C@]1(O)O[C@@H](C(=O)C(O)c2ccccc2)[C@@](O)(C(=O)c2ccccc2)[C@@]1(O)C(=O)c1ccccc1. The summed E-state index contributed by atoms with van der Waals surface area (Å²) in [4.78, 5) is 53.7. The number of aliphatic hydroxyl groups excluding tert-OH is 1. The summed E-state index contributed by atoms with van der Waals surface area (Å²) in [6.07, 6.45) is -4.53. The normalized spacial score (nSPS) is 27.9. The number of carbonyl (C=O) groups is 4. The summed E-state index contributed by atoms with van der Waals surface area (Å²) in [6.45, 7) is 0.761. The van der Waals surface area contributed by atoms with Crippen molar-refractivity contribution in [2.24, 2.45) is 0 Å². The first kappa shape index (κ1) is 26.2. The number of ether oxygens (including phenoxy) is 1. The first-order chi connectivity index (χ1) is 17.5. The molecule has 0 spiro atoms. The highest BCUT2D eigenvalue weighted by molar-refractivity contribution is 6.18. The summed E-state index contributed by atoms with van der Waals surface area (Å²) >= 11 is 0. The van der Waals surface area contributed by atoms with E-state index >= 15 is 0 Å². The van der Waals surface area contributed by atoms with Crippen molar-refractivity contribution < 1.29 is 44.3 Å². The Morgan fingerprint density at radius 3 is 1.62 bits per heavy atom. The van der Waals surface area contributed by atoms with Gasteiger partial charge < -0.3 is 25.2 Å². The van der Waals surface area contributed by atoms with Crippen LogP contribution in [-0.2, 0) is 14.3 Å². The van der Waals surface area contributed by atoms with Gasteiger partial charge in [-0.1, -0.05) is 91.0 Å². The second-order valence-corrected chi connectivity index (χ2v) is 8.78. The fourth-order valence-electron chi connectivity index (χ4n) is 4.55. The number of Topliss-reactive ketones (excluding diaryl/α,β-unsaturated/α-hetero) is 4. The molecule has 9 nitrogen and oxygen atoms in total. The maximum atomic E-state index is 13.8. The van der Waals surface area contributed by atoms with E-state index in [0.717, 1.165) is 6.92 Å². The van der Waals surface area contributed by atoms with Gasteiger partial charge in [0.15, 0.2) is 17.7 Å². The van der Waals surface area contributed by atoms with Gasteiger partial charge >= 0.3 is 0 Å². The molecule has 190 valence electrons. The number of benzene rings is 3. The second kappa shape index (κ2) is 9.55. The molecule has 3 aromatic rings. The highest BCUT2D eigenvalue weighted by atomic mass is 16.7. The van der Waals surface area contributed by atoms with E-state index in [1.165, 1.54) is 72.8 Å². The minimum absolute atomic E-state index is 0.0433. The lowest BCUT2D eigenvalue weighted by Gasteiger charge is -2.40. The molecule has 37 heavy (non-hydrogen) atoms. The average Bonchev–Trinajstić information content (AvgIpc) is 3.13. The van der Waals surface area contributed by atoms with Gasteiger partial charge in [-0.15, -0.1) is 0 Å². The van der Waals surface area contributed by atoms with Crippen molar-refractivity contribution in [3.63, 3.8) is 0 Å². The third kappa shape index (κ3) is 3.85. The van der Waals surface area contributed by atoms with E-state index in [1.807, 2.05) is 0 Å². The highest BCUT2D eigenvalue weighted by Gasteiger charge is 2.82. The van der Waals surface area contributed by atoms with Gasteiger partial charge in [-0.2, -0.15) is 0 Å². The van der Waals surface area contributed by atoms with Crippen LogP contribution in [0.4, 0.5) is 0 Å². The zero-order valence-corrected chi connectivity index (χ0v) is 19.6. The van der Waals surface area contributed by atoms with Gasteiger partial charge in [0.2, 0.25) is 22.8 Å². The van der Waals surface area contributed by atoms with Crippen molar-refractivity contribution in [2.75, 3.05) is 0 Å². The van der Waals surface area contributed by atoms with Crippen molar-refractivity contribution in [1.29, 1.82) is 0 Å². The second-order valence-electron chi connectivity index (χ2n) is 8.78. The molecule has 1 aliphatic rings. The molecule has 0 saturated carbocycles. The molecule has 1 heterocycles. The predicted molar refractivity (Wildman–Crippen MR) is 128 cm³/mol. The molecule has 0 radical (unpaired) electrons. The molecular weight excluding hydrogens is 480 g/mol. The quantitative estimate of drug-likeness (QED) is 0.331. The molecule has 0 aliphatic carbocycles. The van der Waals surface area contributed by atoms with Crippen LogP contribution in [0, 0.1) is 0 Å². The zero-order chi connectivity index (χ0) is 27.0. The molecule has 1 unspecified atom stereocenters. The molecule has 3 aromatic carbocycles. The standard InChI is InChI=1S/C28H24O9/c1-17(29)28(36)27(35,24(33)20-15-9-4-10-16-20)26(34,23(32)19-13-7-3-8-14-19)25(37-28)22(31)21(30)18-11-5-2-6-12-18/h2-16,21,25,30,34-36H,1H3/t21?,25-,26-,27-,28-/m0/s1. The number of ketones is 4. The third-order valence-electron chi connectivity index (χ3n) is 6.58. The lowest BCUT2D eigenvalue weighted by molar-refractivity contribution is -0.238. The minimum atomic E-state index is -3.68. The smallest absolute Gasteiger partial charge is 0.268 e. The van der Waals surface area contributed by atoms with Gasteiger partial charge in [0.1, 0.15) is 6.10 Å². The first-order valence-electron chi connectivity index (χ1n) is 11.3. The number of carbonyl (C=O) groups excluding carboxylic acids is 4. The summed E-state index contributed by atoms with van der Waals surface area (Å²) < 4.78 is 5.29. The van der Waals surface area contributed by atoms with Gasteiger partial charge in [0, 0.05) is 18.1 Å². The molecule has 1 saturated heterocycles.